The van der Waals surface area contributed by atoms with Crippen LogP contribution in [-0.4, -0.2) is 15.0 Å². The topological polar surface area (TPSA) is 33.1 Å². The normalized spacial score (nSPS) is 11.0. The van der Waals surface area contributed by atoms with E-state index in [1.165, 1.54) is 5.56 Å². The lowest BCUT2D eigenvalue weighted by Gasteiger charge is -2.10. The van der Waals surface area contributed by atoms with E-state index in [-0.39, 0.29) is 5.75 Å². The summed E-state index contributed by atoms with van der Waals surface area (Å²) in [5.41, 5.74) is 3.88. The fourth-order valence-electron chi connectivity index (χ4n) is 3.14. The summed E-state index contributed by atoms with van der Waals surface area (Å²) in [6, 6.07) is 22.0. The standard InChI is InChI=1S/C23H18ClNOS2/c24-19-14-17(23-25-20-8-4-5-9-21(20)28-23)12-16(22(19)26)13-18(27)11-10-15-6-2-1-3-7-15/h1-9,12,14,26H,10-11,13H2. The molecular formula is C23H18ClNOS2. The lowest BCUT2D eigenvalue weighted by atomic mass is 10.0. The van der Waals surface area contributed by atoms with Crippen molar-refractivity contribution in [3.8, 4) is 16.3 Å². The molecule has 140 valence electrons. The first-order valence-electron chi connectivity index (χ1n) is 9.03. The largest absolute Gasteiger partial charge is 0.506 e. The van der Waals surface area contributed by atoms with Gasteiger partial charge in [-0.3, -0.25) is 0 Å². The van der Waals surface area contributed by atoms with Crippen molar-refractivity contribution >= 4 is 50.2 Å². The van der Waals surface area contributed by atoms with Gasteiger partial charge < -0.3 is 5.11 Å². The molecule has 2 nitrogen and oxygen atoms in total. The van der Waals surface area contributed by atoms with Gasteiger partial charge in [-0.05, 0) is 47.5 Å². The highest BCUT2D eigenvalue weighted by atomic mass is 35.5. The van der Waals surface area contributed by atoms with Crippen LogP contribution in [0.15, 0.2) is 66.7 Å². The predicted molar refractivity (Wildman–Crippen MR) is 123 cm³/mol. The van der Waals surface area contributed by atoms with E-state index in [2.05, 4.69) is 18.2 Å². The summed E-state index contributed by atoms with van der Waals surface area (Å²) in [6.07, 6.45) is 2.21. The number of phenolic OH excluding ortho intramolecular Hbond substituents is 1. The molecule has 0 aliphatic rings. The Hall–Kier alpha value is -2.27. The van der Waals surface area contributed by atoms with Gasteiger partial charge in [0.25, 0.3) is 0 Å². The molecular weight excluding hydrogens is 406 g/mol. The van der Waals surface area contributed by atoms with Crippen LogP contribution in [-0.2, 0) is 12.8 Å². The zero-order chi connectivity index (χ0) is 19.5. The third kappa shape index (κ3) is 4.25. The summed E-state index contributed by atoms with van der Waals surface area (Å²) in [7, 11) is 0. The molecule has 3 aromatic carbocycles. The minimum atomic E-state index is 0.105. The van der Waals surface area contributed by atoms with Gasteiger partial charge in [-0.25, -0.2) is 4.98 Å². The number of nitrogens with zero attached hydrogens (tertiary/aromatic N) is 1. The van der Waals surface area contributed by atoms with Crippen molar-refractivity contribution in [1.82, 2.24) is 4.98 Å². The molecule has 4 aromatic rings. The predicted octanol–water partition coefficient (Wildman–Crippen LogP) is 6.87. The van der Waals surface area contributed by atoms with Gasteiger partial charge in [0.15, 0.2) is 0 Å². The molecule has 0 atom stereocenters. The molecule has 0 spiro atoms. The van der Waals surface area contributed by atoms with Gasteiger partial charge >= 0.3 is 0 Å². The molecule has 4 rings (SSSR count). The number of aryl methyl sites for hydroxylation is 1. The number of thiocarbonyl (C=S) groups is 1. The summed E-state index contributed by atoms with van der Waals surface area (Å²) in [5, 5.41) is 11.7. The zero-order valence-corrected chi connectivity index (χ0v) is 17.4. The van der Waals surface area contributed by atoms with Crippen molar-refractivity contribution in [3.05, 3.63) is 82.9 Å². The van der Waals surface area contributed by atoms with Crippen molar-refractivity contribution in [2.75, 3.05) is 0 Å². The van der Waals surface area contributed by atoms with E-state index in [9.17, 15) is 5.11 Å². The molecule has 0 saturated heterocycles. The van der Waals surface area contributed by atoms with Crippen LogP contribution < -0.4 is 0 Å². The lowest BCUT2D eigenvalue weighted by Crippen LogP contribution is -2.03. The van der Waals surface area contributed by atoms with Gasteiger partial charge in [0.2, 0.25) is 0 Å². The lowest BCUT2D eigenvalue weighted by molar-refractivity contribution is 0.470. The van der Waals surface area contributed by atoms with Crippen LogP contribution in [0.5, 0.6) is 5.75 Å². The van der Waals surface area contributed by atoms with Crippen molar-refractivity contribution < 1.29 is 5.11 Å². The summed E-state index contributed by atoms with van der Waals surface area (Å²) in [6.45, 7) is 0. The maximum atomic E-state index is 10.4. The van der Waals surface area contributed by atoms with Gasteiger partial charge in [-0.2, -0.15) is 0 Å². The number of rotatable bonds is 6. The Bertz CT molecular complexity index is 1110. The van der Waals surface area contributed by atoms with E-state index in [4.69, 9.17) is 28.8 Å². The third-order valence-electron chi connectivity index (χ3n) is 4.61. The molecule has 0 bridgehead atoms. The zero-order valence-electron chi connectivity index (χ0n) is 15.1. The molecule has 0 aliphatic heterocycles. The van der Waals surface area contributed by atoms with Gasteiger partial charge in [0.1, 0.15) is 10.8 Å². The Kier molecular flexibility index (Phi) is 5.72. The molecule has 0 radical (unpaired) electrons. The van der Waals surface area contributed by atoms with Gasteiger partial charge in [-0.15, -0.1) is 11.3 Å². The Balaban J connectivity index is 1.56. The minimum Gasteiger partial charge on any atom is -0.506 e. The number of hydrogen-bond acceptors (Lipinski definition) is 4. The highest BCUT2D eigenvalue weighted by Gasteiger charge is 2.14. The summed E-state index contributed by atoms with van der Waals surface area (Å²) in [5.74, 6) is 0.105. The van der Waals surface area contributed by atoms with E-state index in [0.717, 1.165) is 44.1 Å². The number of aromatic nitrogens is 1. The van der Waals surface area contributed by atoms with Gasteiger partial charge in [-0.1, -0.05) is 66.3 Å². The van der Waals surface area contributed by atoms with Crippen LogP contribution >= 0.6 is 35.2 Å². The number of fused-ring (bicyclic) bond motifs is 1. The molecule has 1 heterocycles. The summed E-state index contributed by atoms with van der Waals surface area (Å²) < 4.78 is 1.13. The van der Waals surface area contributed by atoms with E-state index >= 15 is 0 Å². The van der Waals surface area contributed by atoms with Crippen LogP contribution in [0.4, 0.5) is 0 Å². The highest BCUT2D eigenvalue weighted by molar-refractivity contribution is 7.80. The van der Waals surface area contributed by atoms with Crippen LogP contribution in [0.2, 0.25) is 5.02 Å². The van der Waals surface area contributed by atoms with Crippen molar-refractivity contribution in [2.24, 2.45) is 0 Å². The van der Waals surface area contributed by atoms with Crippen LogP contribution in [0.3, 0.4) is 0 Å². The van der Waals surface area contributed by atoms with Crippen LogP contribution in [0.1, 0.15) is 17.5 Å². The van der Waals surface area contributed by atoms with Crippen molar-refractivity contribution in [1.29, 1.82) is 0 Å². The maximum absolute atomic E-state index is 10.4. The average Bonchev–Trinajstić information content (AvgIpc) is 3.15. The molecule has 0 aliphatic carbocycles. The monoisotopic (exact) mass is 423 g/mol. The van der Waals surface area contributed by atoms with E-state index < -0.39 is 0 Å². The second-order valence-corrected chi connectivity index (χ2v) is 8.67. The number of thiazole rings is 1. The molecule has 0 saturated carbocycles. The first-order chi connectivity index (χ1) is 13.6. The smallest absolute Gasteiger partial charge is 0.137 e. The van der Waals surface area contributed by atoms with Gasteiger partial charge in [0, 0.05) is 17.5 Å². The number of aromatic hydroxyl groups is 1. The van der Waals surface area contributed by atoms with Crippen molar-refractivity contribution in [3.63, 3.8) is 0 Å². The first kappa shape index (κ1) is 19.1. The fraction of sp³-hybridized carbons (Fsp3) is 0.130. The SMILES string of the molecule is Oc1c(Cl)cc(-c2nc3ccccc3s2)cc1CC(=S)CCc1ccccc1. The summed E-state index contributed by atoms with van der Waals surface area (Å²) >= 11 is 13.5. The second kappa shape index (κ2) is 8.39. The van der Waals surface area contributed by atoms with E-state index in [1.807, 2.05) is 42.5 Å². The van der Waals surface area contributed by atoms with E-state index in [1.54, 1.807) is 17.4 Å². The second-order valence-electron chi connectivity index (χ2n) is 6.65. The molecule has 28 heavy (non-hydrogen) atoms. The number of benzene rings is 3. The number of halogens is 1. The first-order valence-corrected chi connectivity index (χ1v) is 10.6. The number of hydrogen-bond donors (Lipinski definition) is 1. The molecule has 1 N–H and O–H groups in total. The van der Waals surface area contributed by atoms with E-state index in [0.29, 0.717) is 11.4 Å². The Morgan fingerprint density at radius 1 is 1.04 bits per heavy atom. The Labute approximate surface area is 178 Å². The fourth-order valence-corrected chi connectivity index (χ4v) is 4.59. The Morgan fingerprint density at radius 2 is 1.79 bits per heavy atom. The van der Waals surface area contributed by atoms with Gasteiger partial charge in [0.05, 0.1) is 15.2 Å². The van der Waals surface area contributed by atoms with Crippen LogP contribution in [0.25, 0.3) is 20.8 Å². The maximum Gasteiger partial charge on any atom is 0.137 e. The number of para-hydroxylation sites is 1. The average molecular weight is 424 g/mol. The molecule has 1 aromatic heterocycles. The number of phenols is 1. The van der Waals surface area contributed by atoms with Crippen molar-refractivity contribution in [2.45, 2.75) is 19.3 Å². The molecule has 5 heteroatoms. The highest BCUT2D eigenvalue weighted by Crippen LogP contribution is 2.37. The summed E-state index contributed by atoms with van der Waals surface area (Å²) in [4.78, 5) is 5.60. The molecule has 0 unspecified atom stereocenters. The molecule has 0 amide bonds. The minimum absolute atomic E-state index is 0.105. The quantitative estimate of drug-likeness (QED) is 0.343. The third-order valence-corrected chi connectivity index (χ3v) is 6.33. The molecule has 0 fully saturated rings. The Morgan fingerprint density at radius 3 is 2.57 bits per heavy atom. The van der Waals surface area contributed by atoms with Crippen LogP contribution in [0, 0.1) is 0 Å².